The molecule has 0 atom stereocenters. The quantitative estimate of drug-likeness (QED) is 0.872. The van der Waals surface area contributed by atoms with Crippen LogP contribution in [0.25, 0.3) is 0 Å². The van der Waals surface area contributed by atoms with E-state index in [4.69, 9.17) is 5.26 Å². The molecule has 4 nitrogen and oxygen atoms in total. The van der Waals surface area contributed by atoms with Gasteiger partial charge in [-0.3, -0.25) is 0 Å². The largest absolute Gasteiger partial charge is 0.435 e. The first-order valence-corrected chi connectivity index (χ1v) is 6.01. The summed E-state index contributed by atoms with van der Waals surface area (Å²) in [7, 11) is 1.70. The van der Waals surface area contributed by atoms with Crippen molar-refractivity contribution in [3.63, 3.8) is 0 Å². The molecule has 108 valence electrons. The van der Waals surface area contributed by atoms with Crippen molar-refractivity contribution in [2.45, 2.75) is 12.7 Å². The van der Waals surface area contributed by atoms with E-state index in [0.717, 1.165) is 11.6 Å². The van der Waals surface area contributed by atoms with Gasteiger partial charge in [0.2, 0.25) is 0 Å². The summed E-state index contributed by atoms with van der Waals surface area (Å²) in [6.07, 6.45) is -4.49. The number of rotatable bonds is 3. The Bertz CT molecular complexity index is 642. The molecule has 7 heteroatoms. The molecule has 0 radical (unpaired) electrons. The van der Waals surface area contributed by atoms with Crippen LogP contribution in [0.1, 0.15) is 16.8 Å². The molecule has 0 aliphatic carbocycles. The normalized spacial score (nSPS) is 11.0. The van der Waals surface area contributed by atoms with Gasteiger partial charge in [0.1, 0.15) is 0 Å². The SMILES string of the molecule is CN(Cc1ccc(C#N)cc1)c1ccc(C(F)(F)F)nn1. The number of benzene rings is 1. The molecule has 0 bridgehead atoms. The number of hydrogen-bond acceptors (Lipinski definition) is 4. The standard InChI is InChI=1S/C14H11F3N4/c1-21(9-11-4-2-10(8-18)3-5-11)13-7-6-12(19-20-13)14(15,16)17/h2-7H,9H2,1H3. The summed E-state index contributed by atoms with van der Waals surface area (Å²) in [6.45, 7) is 0.450. The Labute approximate surface area is 119 Å². The van der Waals surface area contributed by atoms with Crippen molar-refractivity contribution in [2.75, 3.05) is 11.9 Å². The van der Waals surface area contributed by atoms with Crippen LogP contribution in [0.15, 0.2) is 36.4 Å². The number of halogens is 3. The molecule has 0 aliphatic heterocycles. The third-order valence-electron chi connectivity index (χ3n) is 2.83. The van der Waals surface area contributed by atoms with E-state index >= 15 is 0 Å². The first-order chi connectivity index (χ1) is 9.90. The second-order valence-corrected chi connectivity index (χ2v) is 4.44. The zero-order valence-corrected chi connectivity index (χ0v) is 11.1. The van der Waals surface area contributed by atoms with Crippen molar-refractivity contribution in [3.8, 4) is 6.07 Å². The Kier molecular flexibility index (Phi) is 4.08. The third-order valence-corrected chi connectivity index (χ3v) is 2.83. The summed E-state index contributed by atoms with van der Waals surface area (Å²) >= 11 is 0. The Morgan fingerprint density at radius 1 is 1.10 bits per heavy atom. The van der Waals surface area contributed by atoms with Gasteiger partial charge in [0.05, 0.1) is 11.6 Å². The van der Waals surface area contributed by atoms with E-state index in [0.29, 0.717) is 17.9 Å². The maximum Gasteiger partial charge on any atom is 0.435 e. The van der Waals surface area contributed by atoms with Crippen LogP contribution in [-0.4, -0.2) is 17.2 Å². The fraction of sp³-hybridized carbons (Fsp3) is 0.214. The maximum atomic E-state index is 12.4. The highest BCUT2D eigenvalue weighted by Crippen LogP contribution is 2.27. The smallest absolute Gasteiger partial charge is 0.354 e. The molecule has 1 heterocycles. The minimum Gasteiger partial charge on any atom is -0.354 e. The maximum absolute atomic E-state index is 12.4. The number of nitrogens with zero attached hydrogens (tertiary/aromatic N) is 4. The van der Waals surface area contributed by atoms with E-state index < -0.39 is 11.9 Å². The minimum absolute atomic E-state index is 0.340. The van der Waals surface area contributed by atoms with Crippen LogP contribution in [0.3, 0.4) is 0 Å². The van der Waals surface area contributed by atoms with Crippen LogP contribution in [0.4, 0.5) is 19.0 Å². The molecule has 0 aliphatic rings. The Balaban J connectivity index is 2.09. The van der Waals surface area contributed by atoms with E-state index in [2.05, 4.69) is 10.2 Å². The molecule has 0 saturated carbocycles. The van der Waals surface area contributed by atoms with Crippen LogP contribution < -0.4 is 4.90 Å². The molecule has 0 N–H and O–H groups in total. The molecular formula is C14H11F3N4. The number of alkyl halides is 3. The number of aromatic nitrogens is 2. The molecule has 0 fully saturated rings. The van der Waals surface area contributed by atoms with Crippen LogP contribution in [0.2, 0.25) is 0 Å². The summed E-state index contributed by atoms with van der Waals surface area (Å²) in [5.74, 6) is 0.340. The second-order valence-electron chi connectivity index (χ2n) is 4.44. The number of nitriles is 1. The van der Waals surface area contributed by atoms with Crippen molar-refractivity contribution in [1.82, 2.24) is 10.2 Å². The first-order valence-electron chi connectivity index (χ1n) is 6.01. The van der Waals surface area contributed by atoms with Crippen LogP contribution in [0, 0.1) is 11.3 Å². The zero-order valence-electron chi connectivity index (χ0n) is 11.1. The molecule has 0 saturated heterocycles. The Morgan fingerprint density at radius 3 is 2.24 bits per heavy atom. The first kappa shape index (κ1) is 14.8. The molecule has 0 unspecified atom stereocenters. The summed E-state index contributed by atoms with van der Waals surface area (Å²) in [4.78, 5) is 1.68. The van der Waals surface area contributed by atoms with Gasteiger partial charge in [-0.25, -0.2) is 0 Å². The van der Waals surface area contributed by atoms with Gasteiger partial charge >= 0.3 is 6.18 Å². The van der Waals surface area contributed by atoms with Gasteiger partial charge in [0.15, 0.2) is 11.5 Å². The average molecular weight is 292 g/mol. The average Bonchev–Trinajstić information content (AvgIpc) is 2.47. The van der Waals surface area contributed by atoms with Crippen molar-refractivity contribution in [3.05, 3.63) is 53.2 Å². The highest BCUT2D eigenvalue weighted by atomic mass is 19.4. The summed E-state index contributed by atoms with van der Waals surface area (Å²) < 4.78 is 37.2. The molecule has 1 aromatic heterocycles. The molecular weight excluding hydrogens is 281 g/mol. The highest BCUT2D eigenvalue weighted by molar-refractivity contribution is 5.39. The van der Waals surface area contributed by atoms with E-state index in [1.54, 1.807) is 36.2 Å². The third kappa shape index (κ3) is 3.69. The van der Waals surface area contributed by atoms with Gasteiger partial charge in [-0.1, -0.05) is 12.1 Å². The van der Waals surface area contributed by atoms with Crippen LogP contribution >= 0.6 is 0 Å². The lowest BCUT2D eigenvalue weighted by Gasteiger charge is -2.18. The highest BCUT2D eigenvalue weighted by Gasteiger charge is 2.32. The predicted molar refractivity (Wildman–Crippen MR) is 70.3 cm³/mol. The minimum atomic E-state index is -4.49. The summed E-state index contributed by atoms with van der Waals surface area (Å²) in [6, 6.07) is 11.1. The summed E-state index contributed by atoms with van der Waals surface area (Å²) in [5.41, 5.74) is 0.451. The van der Waals surface area contributed by atoms with Crippen molar-refractivity contribution in [2.24, 2.45) is 0 Å². The molecule has 0 spiro atoms. The molecule has 21 heavy (non-hydrogen) atoms. The van der Waals surface area contributed by atoms with Crippen molar-refractivity contribution >= 4 is 5.82 Å². The monoisotopic (exact) mass is 292 g/mol. The van der Waals surface area contributed by atoms with E-state index in [1.807, 2.05) is 6.07 Å². The predicted octanol–water partition coefficient (Wildman–Crippen LogP) is 3.00. The molecule has 1 aromatic carbocycles. The fourth-order valence-corrected chi connectivity index (χ4v) is 1.72. The van der Waals surface area contributed by atoms with E-state index in [9.17, 15) is 13.2 Å². The zero-order chi connectivity index (χ0) is 15.5. The Morgan fingerprint density at radius 2 is 1.76 bits per heavy atom. The molecule has 2 rings (SSSR count). The topological polar surface area (TPSA) is 52.8 Å². The van der Waals surface area contributed by atoms with Gasteiger partial charge in [-0.05, 0) is 29.8 Å². The van der Waals surface area contributed by atoms with Crippen molar-refractivity contribution in [1.29, 1.82) is 5.26 Å². The lowest BCUT2D eigenvalue weighted by Crippen LogP contribution is -2.19. The fourth-order valence-electron chi connectivity index (χ4n) is 1.72. The number of anilines is 1. The lowest BCUT2D eigenvalue weighted by atomic mass is 10.1. The van der Waals surface area contributed by atoms with Gasteiger partial charge < -0.3 is 4.90 Å². The van der Waals surface area contributed by atoms with Crippen LogP contribution in [0.5, 0.6) is 0 Å². The lowest BCUT2D eigenvalue weighted by molar-refractivity contribution is -0.141. The van der Waals surface area contributed by atoms with E-state index in [-0.39, 0.29) is 0 Å². The van der Waals surface area contributed by atoms with E-state index in [1.165, 1.54) is 6.07 Å². The van der Waals surface area contributed by atoms with Crippen LogP contribution in [-0.2, 0) is 12.7 Å². The van der Waals surface area contributed by atoms with Gasteiger partial charge in [-0.15, -0.1) is 10.2 Å². The Hall–Kier alpha value is -2.62. The van der Waals surface area contributed by atoms with Crippen molar-refractivity contribution < 1.29 is 13.2 Å². The van der Waals surface area contributed by atoms with Gasteiger partial charge in [0.25, 0.3) is 0 Å². The van der Waals surface area contributed by atoms with Gasteiger partial charge in [-0.2, -0.15) is 18.4 Å². The summed E-state index contributed by atoms with van der Waals surface area (Å²) in [5, 5.41) is 15.5. The molecule has 0 amide bonds. The van der Waals surface area contributed by atoms with Gasteiger partial charge in [0, 0.05) is 13.6 Å². The second kappa shape index (κ2) is 5.79. The molecule has 2 aromatic rings. The number of hydrogen-bond donors (Lipinski definition) is 0.